The first-order valence-corrected chi connectivity index (χ1v) is 9.99. The number of benzene rings is 2. The topological polar surface area (TPSA) is 65.5 Å². The van der Waals surface area contributed by atoms with E-state index in [0.29, 0.717) is 9.26 Å². The van der Waals surface area contributed by atoms with Gasteiger partial charge in [0.05, 0.1) is 35.7 Å². The number of amides is 1. The predicted octanol–water partition coefficient (Wildman–Crippen LogP) is 4.19. The smallest absolute Gasteiger partial charge is 0.256 e. The molecule has 2 aromatic carbocycles. The summed E-state index contributed by atoms with van der Waals surface area (Å²) in [6.07, 6.45) is 1.53. The number of aromatic nitrogens is 1. The summed E-state index contributed by atoms with van der Waals surface area (Å²) in [6.45, 7) is -0.113. The molecule has 1 aromatic heterocycles. The normalized spacial score (nSPS) is 14.9. The number of halogens is 4. The average molecular weight is 525 g/mol. The number of carbonyl (C=O) groups excluding carboxylic acids is 1. The lowest BCUT2D eigenvalue weighted by Crippen LogP contribution is -2.61. The van der Waals surface area contributed by atoms with Crippen molar-refractivity contribution >= 4 is 39.9 Å². The summed E-state index contributed by atoms with van der Waals surface area (Å²) in [7, 11) is 0. The van der Waals surface area contributed by atoms with Crippen molar-refractivity contribution in [2.75, 3.05) is 18.4 Å². The Bertz CT molecular complexity index is 1120. The van der Waals surface area contributed by atoms with Crippen LogP contribution in [0.25, 0.3) is 0 Å². The Balaban J connectivity index is 1.62. The number of pyridine rings is 1. The minimum atomic E-state index is -1.31. The number of anilines is 2. The van der Waals surface area contributed by atoms with E-state index in [4.69, 9.17) is 0 Å². The van der Waals surface area contributed by atoms with Crippen molar-refractivity contribution in [1.82, 2.24) is 9.88 Å². The highest BCUT2D eigenvalue weighted by Crippen LogP contribution is 2.34. The molecule has 9 heteroatoms. The summed E-state index contributed by atoms with van der Waals surface area (Å²) in [5.41, 5.74) is -1.63. The molecule has 0 radical (unpaired) electrons. The average Bonchev–Trinajstić information content (AvgIpc) is 2.71. The first-order chi connectivity index (χ1) is 14.3. The first kappa shape index (κ1) is 20.6. The fraction of sp³-hybridized carbons (Fsp3) is 0.143. The molecule has 1 amide bonds. The van der Waals surface area contributed by atoms with E-state index in [2.05, 4.69) is 10.3 Å². The van der Waals surface area contributed by atoms with Crippen LogP contribution in [0.15, 0.2) is 54.7 Å². The molecule has 1 saturated heterocycles. The zero-order valence-electron chi connectivity index (χ0n) is 15.4. The third kappa shape index (κ3) is 3.74. The van der Waals surface area contributed by atoms with Crippen LogP contribution in [-0.4, -0.2) is 34.0 Å². The summed E-state index contributed by atoms with van der Waals surface area (Å²) >= 11 is 1.92. The van der Waals surface area contributed by atoms with Crippen molar-refractivity contribution in [3.8, 4) is 0 Å². The summed E-state index contributed by atoms with van der Waals surface area (Å²) in [6, 6.07) is 11.2. The molecule has 0 unspecified atom stereocenters. The lowest BCUT2D eigenvalue weighted by molar-refractivity contribution is -0.0892. The second-order valence-electron chi connectivity index (χ2n) is 6.94. The molecule has 154 valence electrons. The van der Waals surface area contributed by atoms with Crippen LogP contribution >= 0.6 is 22.6 Å². The highest BCUT2D eigenvalue weighted by atomic mass is 127. The van der Waals surface area contributed by atoms with Crippen LogP contribution in [0, 0.1) is 21.0 Å². The molecule has 0 atom stereocenters. The molecular weight excluding hydrogens is 510 g/mol. The van der Waals surface area contributed by atoms with Gasteiger partial charge in [-0.1, -0.05) is 6.07 Å². The second-order valence-corrected chi connectivity index (χ2v) is 8.19. The van der Waals surface area contributed by atoms with E-state index in [0.717, 1.165) is 12.1 Å². The Morgan fingerprint density at radius 2 is 1.87 bits per heavy atom. The third-order valence-corrected chi connectivity index (χ3v) is 5.52. The molecule has 1 aliphatic rings. The zero-order valence-corrected chi connectivity index (χ0v) is 17.5. The predicted molar refractivity (Wildman–Crippen MR) is 113 cm³/mol. The number of aliphatic hydroxyl groups is 1. The van der Waals surface area contributed by atoms with E-state index in [-0.39, 0.29) is 24.3 Å². The Morgan fingerprint density at radius 1 is 1.10 bits per heavy atom. The number of hydrogen-bond acceptors (Lipinski definition) is 4. The van der Waals surface area contributed by atoms with Crippen LogP contribution in [0.4, 0.5) is 24.5 Å². The van der Waals surface area contributed by atoms with Crippen molar-refractivity contribution in [3.63, 3.8) is 0 Å². The largest absolute Gasteiger partial charge is 0.380 e. The van der Waals surface area contributed by atoms with E-state index >= 15 is 0 Å². The maximum Gasteiger partial charge on any atom is 0.256 e. The number of carbonyl (C=O) groups is 1. The molecule has 1 fully saturated rings. The third-order valence-electron chi connectivity index (χ3n) is 4.85. The zero-order chi connectivity index (χ0) is 21.5. The molecule has 2 heterocycles. The second kappa shape index (κ2) is 7.88. The first-order valence-electron chi connectivity index (χ1n) is 8.92. The highest BCUT2D eigenvalue weighted by Gasteiger charge is 2.46. The van der Waals surface area contributed by atoms with Gasteiger partial charge in [-0.05, 0) is 65.1 Å². The van der Waals surface area contributed by atoms with Crippen LogP contribution < -0.4 is 5.32 Å². The summed E-state index contributed by atoms with van der Waals surface area (Å²) in [5.74, 6) is -3.76. The number of nitrogens with zero attached hydrogens (tertiary/aromatic N) is 2. The molecule has 4 rings (SSSR count). The molecule has 30 heavy (non-hydrogen) atoms. The molecule has 1 aliphatic heterocycles. The van der Waals surface area contributed by atoms with Gasteiger partial charge in [-0.15, -0.1) is 0 Å². The maximum absolute atomic E-state index is 14.5. The van der Waals surface area contributed by atoms with Crippen molar-refractivity contribution in [2.45, 2.75) is 5.60 Å². The summed E-state index contributed by atoms with van der Waals surface area (Å²) in [4.78, 5) is 18.3. The molecule has 3 aromatic rings. The highest BCUT2D eigenvalue weighted by molar-refractivity contribution is 14.1. The minimum absolute atomic E-state index is 0.0564. The molecule has 5 nitrogen and oxygen atoms in total. The Labute approximate surface area is 183 Å². The standard InChI is InChI=1S/C21H15F3IN3O2/c22-14-6-5-13(19(18(14)24)27-16-7-4-12(25)9-15(16)23)20(29)28-10-21(30,11-28)17-3-1-2-8-26-17/h1-9,27,30H,10-11H2. The Hall–Kier alpha value is -2.66. The van der Waals surface area contributed by atoms with Crippen molar-refractivity contribution in [2.24, 2.45) is 0 Å². The molecule has 0 bridgehead atoms. The monoisotopic (exact) mass is 525 g/mol. The van der Waals surface area contributed by atoms with Gasteiger partial charge in [-0.3, -0.25) is 9.78 Å². The van der Waals surface area contributed by atoms with E-state index in [9.17, 15) is 23.1 Å². The van der Waals surface area contributed by atoms with Crippen LogP contribution in [0.1, 0.15) is 16.1 Å². The van der Waals surface area contributed by atoms with E-state index in [1.54, 1.807) is 24.3 Å². The molecule has 0 spiro atoms. The molecular formula is C21H15F3IN3O2. The Morgan fingerprint density at radius 3 is 2.53 bits per heavy atom. The number of nitrogens with one attached hydrogen (secondary N) is 1. The van der Waals surface area contributed by atoms with Gasteiger partial charge in [0.15, 0.2) is 11.6 Å². The van der Waals surface area contributed by atoms with E-state index < -0.39 is 34.6 Å². The summed E-state index contributed by atoms with van der Waals surface area (Å²) < 4.78 is 43.2. The van der Waals surface area contributed by atoms with Gasteiger partial charge < -0.3 is 15.3 Å². The van der Waals surface area contributed by atoms with Crippen molar-refractivity contribution < 1.29 is 23.1 Å². The van der Waals surface area contributed by atoms with Crippen LogP contribution in [0.5, 0.6) is 0 Å². The van der Waals surface area contributed by atoms with Gasteiger partial charge >= 0.3 is 0 Å². The summed E-state index contributed by atoms with van der Waals surface area (Å²) in [5, 5.41) is 13.2. The van der Waals surface area contributed by atoms with Crippen molar-refractivity contribution in [1.29, 1.82) is 0 Å². The molecule has 0 saturated carbocycles. The van der Waals surface area contributed by atoms with Gasteiger partial charge in [-0.2, -0.15) is 0 Å². The maximum atomic E-state index is 14.5. The van der Waals surface area contributed by atoms with Gasteiger partial charge in [0.25, 0.3) is 5.91 Å². The van der Waals surface area contributed by atoms with E-state index in [1.807, 2.05) is 22.6 Å². The van der Waals surface area contributed by atoms with Gasteiger partial charge in [0, 0.05) is 9.77 Å². The fourth-order valence-corrected chi connectivity index (χ4v) is 3.73. The number of β-amino-alcohol motifs (C(OH)–C–C–N with tert-alkyl or cyclic N) is 1. The van der Waals surface area contributed by atoms with Crippen LogP contribution in [0.3, 0.4) is 0 Å². The lowest BCUT2D eigenvalue weighted by atomic mass is 9.89. The minimum Gasteiger partial charge on any atom is -0.380 e. The molecule has 0 aliphatic carbocycles. The van der Waals surface area contributed by atoms with Crippen LogP contribution in [0.2, 0.25) is 0 Å². The molecule has 2 N–H and O–H groups in total. The van der Waals surface area contributed by atoms with E-state index in [1.165, 1.54) is 23.2 Å². The van der Waals surface area contributed by atoms with Gasteiger partial charge in [0.2, 0.25) is 0 Å². The van der Waals surface area contributed by atoms with Crippen LogP contribution in [-0.2, 0) is 5.60 Å². The van der Waals surface area contributed by atoms with Gasteiger partial charge in [0.1, 0.15) is 11.4 Å². The Kier molecular flexibility index (Phi) is 5.41. The fourth-order valence-electron chi connectivity index (χ4n) is 3.28. The SMILES string of the molecule is O=C(c1ccc(F)c(F)c1Nc1ccc(I)cc1F)N1CC(O)(c2ccccn2)C1. The number of likely N-dealkylation sites (tertiary alicyclic amines) is 1. The number of hydrogen-bond donors (Lipinski definition) is 2. The van der Waals surface area contributed by atoms with Gasteiger partial charge in [-0.25, -0.2) is 13.2 Å². The lowest BCUT2D eigenvalue weighted by Gasteiger charge is -2.46. The van der Waals surface area contributed by atoms with Crippen molar-refractivity contribution in [3.05, 3.63) is 87.0 Å². The quantitative estimate of drug-likeness (QED) is 0.502. The number of rotatable bonds is 4.